The number of hydrogen-bond acceptors (Lipinski definition) is 4. The number of nitrogens with one attached hydrogen (secondary N) is 1. The zero-order valence-corrected chi connectivity index (χ0v) is 9.65. The number of aryl methyl sites for hydroxylation is 1. The molecule has 0 aromatic carbocycles. The summed E-state index contributed by atoms with van der Waals surface area (Å²) < 4.78 is 1.65. The van der Waals surface area contributed by atoms with E-state index in [1.54, 1.807) is 11.7 Å². The molecule has 1 N–H and O–H groups in total. The third-order valence-corrected chi connectivity index (χ3v) is 3.10. The van der Waals surface area contributed by atoms with Crippen molar-refractivity contribution >= 4 is 5.78 Å². The highest BCUT2D eigenvalue weighted by Crippen LogP contribution is 2.17. The quantitative estimate of drug-likeness (QED) is 0.786. The molecule has 88 valence electrons. The van der Waals surface area contributed by atoms with Crippen LogP contribution in [0.1, 0.15) is 31.5 Å². The first-order chi connectivity index (χ1) is 7.75. The monoisotopic (exact) mass is 222 g/mol. The highest BCUT2D eigenvalue weighted by atomic mass is 16.1. The van der Waals surface area contributed by atoms with Crippen molar-refractivity contribution < 1.29 is 4.79 Å². The zero-order chi connectivity index (χ0) is 11.4. The molecule has 1 aromatic heterocycles. The van der Waals surface area contributed by atoms with E-state index in [0.717, 1.165) is 5.82 Å². The Hall–Kier alpha value is -1.23. The average Bonchev–Trinajstić information content (AvgIpc) is 2.88. The van der Waals surface area contributed by atoms with E-state index in [1.165, 1.54) is 32.0 Å². The summed E-state index contributed by atoms with van der Waals surface area (Å²) in [6, 6.07) is 0.545. The predicted molar refractivity (Wildman–Crippen MR) is 60.0 cm³/mol. The van der Waals surface area contributed by atoms with Gasteiger partial charge in [-0.2, -0.15) is 5.10 Å². The van der Waals surface area contributed by atoms with Crippen molar-refractivity contribution in [3.05, 3.63) is 12.2 Å². The van der Waals surface area contributed by atoms with E-state index in [9.17, 15) is 4.79 Å². The molecule has 1 aliphatic rings. The van der Waals surface area contributed by atoms with E-state index in [4.69, 9.17) is 0 Å². The topological polar surface area (TPSA) is 59.8 Å². The van der Waals surface area contributed by atoms with Crippen molar-refractivity contribution in [2.24, 2.45) is 7.05 Å². The van der Waals surface area contributed by atoms with Gasteiger partial charge in [0.25, 0.3) is 0 Å². The molecule has 1 aliphatic carbocycles. The average molecular weight is 222 g/mol. The van der Waals surface area contributed by atoms with Gasteiger partial charge in [-0.05, 0) is 12.8 Å². The number of rotatable bonds is 5. The minimum absolute atomic E-state index is 0.183. The first kappa shape index (κ1) is 11.3. The van der Waals surface area contributed by atoms with E-state index < -0.39 is 0 Å². The molecule has 0 bridgehead atoms. The fourth-order valence-electron chi connectivity index (χ4n) is 2.11. The van der Waals surface area contributed by atoms with Crippen LogP contribution < -0.4 is 5.32 Å². The number of carbonyl (C=O) groups excluding carboxylic acids is 1. The summed E-state index contributed by atoms with van der Waals surface area (Å²) in [7, 11) is 1.81. The van der Waals surface area contributed by atoms with Gasteiger partial charge >= 0.3 is 0 Å². The summed E-state index contributed by atoms with van der Waals surface area (Å²) in [6.07, 6.45) is 6.84. The van der Waals surface area contributed by atoms with Crippen LogP contribution in [-0.2, 0) is 18.3 Å². The molecule has 5 nitrogen and oxygen atoms in total. The molecule has 0 amide bonds. The molecule has 0 saturated heterocycles. The molecule has 2 rings (SSSR count). The van der Waals surface area contributed by atoms with Crippen LogP contribution in [0.2, 0.25) is 0 Å². The third kappa shape index (κ3) is 2.88. The minimum atomic E-state index is 0.183. The summed E-state index contributed by atoms with van der Waals surface area (Å²) >= 11 is 0. The lowest BCUT2D eigenvalue weighted by Crippen LogP contribution is -2.32. The Morgan fingerprint density at radius 1 is 1.56 bits per heavy atom. The van der Waals surface area contributed by atoms with Gasteiger partial charge in [0.2, 0.25) is 0 Å². The standard InChI is InChI=1S/C11H18N4O/c1-15-11(13-8-14-15)6-10(16)7-12-9-4-2-3-5-9/h8-9,12H,2-7H2,1H3. The maximum atomic E-state index is 11.7. The van der Waals surface area contributed by atoms with Crippen LogP contribution >= 0.6 is 0 Å². The van der Waals surface area contributed by atoms with Crippen molar-refractivity contribution in [3.63, 3.8) is 0 Å². The first-order valence-corrected chi connectivity index (χ1v) is 5.83. The van der Waals surface area contributed by atoms with Crippen molar-refractivity contribution in [1.29, 1.82) is 0 Å². The fraction of sp³-hybridized carbons (Fsp3) is 0.727. The Morgan fingerprint density at radius 3 is 2.94 bits per heavy atom. The van der Waals surface area contributed by atoms with Crippen LogP contribution in [0.5, 0.6) is 0 Å². The summed E-state index contributed by atoms with van der Waals surface area (Å²) in [4.78, 5) is 15.7. The van der Waals surface area contributed by atoms with Gasteiger partial charge in [0.15, 0.2) is 5.78 Å². The lowest BCUT2D eigenvalue weighted by molar-refractivity contribution is -0.117. The van der Waals surface area contributed by atoms with Crippen LogP contribution in [0.3, 0.4) is 0 Å². The molecule has 0 radical (unpaired) electrons. The van der Waals surface area contributed by atoms with E-state index in [1.807, 2.05) is 0 Å². The summed E-state index contributed by atoms with van der Waals surface area (Å²) in [5, 5.41) is 7.25. The normalized spacial score (nSPS) is 16.8. The molecule has 0 aliphatic heterocycles. The van der Waals surface area contributed by atoms with Crippen molar-refractivity contribution in [1.82, 2.24) is 20.1 Å². The molecule has 1 fully saturated rings. The molecule has 0 unspecified atom stereocenters. The summed E-state index contributed by atoms with van der Waals surface area (Å²) in [5.74, 6) is 0.918. The predicted octanol–water partition coefficient (Wildman–Crippen LogP) is 0.459. The molecular formula is C11H18N4O. The summed E-state index contributed by atoms with van der Waals surface area (Å²) in [5.41, 5.74) is 0. The second kappa shape index (κ2) is 5.21. The Balaban J connectivity index is 1.74. The molecule has 0 atom stereocenters. The van der Waals surface area contributed by atoms with Gasteiger partial charge in [-0.3, -0.25) is 9.48 Å². The van der Waals surface area contributed by atoms with E-state index >= 15 is 0 Å². The smallest absolute Gasteiger partial charge is 0.154 e. The molecule has 1 heterocycles. The Kier molecular flexibility index (Phi) is 3.66. The molecule has 16 heavy (non-hydrogen) atoms. The summed E-state index contributed by atoms with van der Waals surface area (Å²) in [6.45, 7) is 0.456. The SMILES string of the molecule is Cn1ncnc1CC(=O)CNC1CCCC1. The number of nitrogens with zero attached hydrogens (tertiary/aromatic N) is 3. The fourth-order valence-corrected chi connectivity index (χ4v) is 2.11. The van der Waals surface area contributed by atoms with Gasteiger partial charge in [0.1, 0.15) is 12.2 Å². The molecule has 1 saturated carbocycles. The molecule has 5 heteroatoms. The second-order valence-electron chi connectivity index (χ2n) is 4.38. The Morgan fingerprint density at radius 2 is 2.31 bits per heavy atom. The van der Waals surface area contributed by atoms with Crippen LogP contribution in [0, 0.1) is 0 Å². The first-order valence-electron chi connectivity index (χ1n) is 5.83. The molecule has 0 spiro atoms. The maximum absolute atomic E-state index is 11.7. The number of hydrogen-bond donors (Lipinski definition) is 1. The number of Topliss-reactive ketones (excluding diaryl/α,β-unsaturated/α-hetero) is 1. The maximum Gasteiger partial charge on any atom is 0.154 e. The van der Waals surface area contributed by atoms with E-state index in [2.05, 4.69) is 15.4 Å². The highest BCUT2D eigenvalue weighted by molar-refractivity contribution is 5.82. The van der Waals surface area contributed by atoms with Gasteiger partial charge in [-0.15, -0.1) is 0 Å². The van der Waals surface area contributed by atoms with Gasteiger partial charge in [-0.1, -0.05) is 12.8 Å². The van der Waals surface area contributed by atoms with Gasteiger partial charge < -0.3 is 5.32 Å². The number of carbonyl (C=O) groups is 1. The van der Waals surface area contributed by atoms with Crippen LogP contribution in [0.25, 0.3) is 0 Å². The lowest BCUT2D eigenvalue weighted by Gasteiger charge is -2.10. The number of aromatic nitrogens is 3. The van der Waals surface area contributed by atoms with E-state index in [0.29, 0.717) is 19.0 Å². The molecule has 1 aromatic rings. The van der Waals surface area contributed by atoms with Crippen molar-refractivity contribution in [2.75, 3.05) is 6.54 Å². The van der Waals surface area contributed by atoms with E-state index in [-0.39, 0.29) is 5.78 Å². The van der Waals surface area contributed by atoms with Crippen LogP contribution in [0.15, 0.2) is 6.33 Å². The van der Waals surface area contributed by atoms with Crippen molar-refractivity contribution in [3.8, 4) is 0 Å². The van der Waals surface area contributed by atoms with Crippen LogP contribution in [0.4, 0.5) is 0 Å². The zero-order valence-electron chi connectivity index (χ0n) is 9.65. The van der Waals surface area contributed by atoms with Crippen molar-refractivity contribution in [2.45, 2.75) is 38.1 Å². The minimum Gasteiger partial charge on any atom is -0.307 e. The largest absolute Gasteiger partial charge is 0.307 e. The second-order valence-corrected chi connectivity index (χ2v) is 4.38. The Bertz CT molecular complexity index is 355. The lowest BCUT2D eigenvalue weighted by atomic mass is 10.2. The van der Waals surface area contributed by atoms with Crippen LogP contribution in [-0.4, -0.2) is 33.1 Å². The Labute approximate surface area is 95.2 Å². The van der Waals surface area contributed by atoms with Gasteiger partial charge in [0.05, 0.1) is 13.0 Å². The van der Waals surface area contributed by atoms with Gasteiger partial charge in [-0.25, -0.2) is 4.98 Å². The number of ketones is 1. The highest BCUT2D eigenvalue weighted by Gasteiger charge is 2.16. The molecular weight excluding hydrogens is 204 g/mol. The van der Waals surface area contributed by atoms with Gasteiger partial charge in [0, 0.05) is 13.1 Å². The third-order valence-electron chi connectivity index (χ3n) is 3.10.